The van der Waals surface area contributed by atoms with E-state index in [4.69, 9.17) is 9.97 Å². The third-order valence-electron chi connectivity index (χ3n) is 6.41. The van der Waals surface area contributed by atoms with Crippen LogP contribution < -0.4 is 4.90 Å². The molecule has 0 radical (unpaired) electrons. The van der Waals surface area contributed by atoms with Crippen LogP contribution in [0.4, 0.5) is 10.2 Å². The summed E-state index contributed by atoms with van der Waals surface area (Å²) in [5.41, 5.74) is 2.55. The number of nitrogens with zero attached hydrogens (tertiary/aromatic N) is 4. The lowest BCUT2D eigenvalue weighted by Gasteiger charge is -2.37. The van der Waals surface area contributed by atoms with Crippen LogP contribution in [-0.2, 0) is 11.2 Å². The Morgan fingerprint density at radius 3 is 2.50 bits per heavy atom. The van der Waals surface area contributed by atoms with Crippen LogP contribution in [0.15, 0.2) is 24.3 Å². The molecule has 2 heterocycles. The molecule has 0 unspecified atom stereocenters. The summed E-state index contributed by atoms with van der Waals surface area (Å²) in [5, 5.41) is 0. The van der Waals surface area contributed by atoms with Crippen molar-refractivity contribution < 1.29 is 9.18 Å². The van der Waals surface area contributed by atoms with E-state index in [2.05, 4.69) is 18.7 Å². The van der Waals surface area contributed by atoms with Crippen molar-refractivity contribution in [3.05, 3.63) is 52.7 Å². The van der Waals surface area contributed by atoms with Gasteiger partial charge in [0.05, 0.1) is 0 Å². The number of aryl methyl sites for hydroxylation is 1. The molecule has 0 N–H and O–H groups in total. The molecule has 2 fully saturated rings. The Bertz CT molecular complexity index is 919. The fourth-order valence-electron chi connectivity index (χ4n) is 4.03. The molecule has 1 amide bonds. The highest BCUT2D eigenvalue weighted by Gasteiger charge is 2.35. The number of amides is 1. The summed E-state index contributed by atoms with van der Waals surface area (Å²) in [7, 11) is 0. The van der Waals surface area contributed by atoms with E-state index >= 15 is 0 Å². The first-order chi connectivity index (χ1) is 14.5. The van der Waals surface area contributed by atoms with Crippen molar-refractivity contribution in [3.8, 4) is 0 Å². The second-order valence-corrected chi connectivity index (χ2v) is 8.63. The van der Waals surface area contributed by atoms with Gasteiger partial charge in [-0.15, -0.1) is 0 Å². The smallest absolute Gasteiger partial charge is 0.225 e. The number of carbonyl (C=O) groups is 1. The molecule has 0 spiro atoms. The van der Waals surface area contributed by atoms with Crippen molar-refractivity contribution in [2.24, 2.45) is 5.92 Å². The zero-order valence-corrected chi connectivity index (χ0v) is 18.2. The number of halogens is 1. The second-order valence-electron chi connectivity index (χ2n) is 8.63. The molecule has 160 valence electrons. The third-order valence-corrected chi connectivity index (χ3v) is 6.41. The number of hydrogen-bond donors (Lipinski definition) is 0. The van der Waals surface area contributed by atoms with E-state index in [1.165, 1.54) is 6.07 Å². The van der Waals surface area contributed by atoms with Crippen molar-refractivity contribution in [3.63, 3.8) is 0 Å². The molecule has 6 heteroatoms. The van der Waals surface area contributed by atoms with Crippen LogP contribution in [0.2, 0.25) is 0 Å². The number of benzene rings is 1. The highest BCUT2D eigenvalue weighted by atomic mass is 19.1. The van der Waals surface area contributed by atoms with Crippen molar-refractivity contribution in [2.45, 2.75) is 52.4 Å². The van der Waals surface area contributed by atoms with Crippen molar-refractivity contribution in [2.75, 3.05) is 31.1 Å². The normalized spacial score (nSPS) is 17.9. The molecule has 1 saturated heterocycles. The molecule has 1 aliphatic heterocycles. The van der Waals surface area contributed by atoms with Crippen LogP contribution in [0.1, 0.15) is 61.7 Å². The first-order valence-corrected chi connectivity index (χ1v) is 11.1. The monoisotopic (exact) mass is 410 g/mol. The molecule has 1 atom stereocenters. The third kappa shape index (κ3) is 4.32. The molecule has 30 heavy (non-hydrogen) atoms. The summed E-state index contributed by atoms with van der Waals surface area (Å²) >= 11 is 0. The lowest BCUT2D eigenvalue weighted by Crippen LogP contribution is -2.49. The zero-order chi connectivity index (χ0) is 21.3. The predicted molar refractivity (Wildman–Crippen MR) is 116 cm³/mol. The van der Waals surface area contributed by atoms with Crippen LogP contribution in [0.25, 0.3) is 0 Å². The maximum atomic E-state index is 14.4. The summed E-state index contributed by atoms with van der Waals surface area (Å²) in [6.45, 7) is 9.21. The minimum Gasteiger partial charge on any atom is -0.353 e. The number of anilines is 1. The van der Waals surface area contributed by atoms with Gasteiger partial charge in [-0.1, -0.05) is 32.0 Å². The Morgan fingerprint density at radius 1 is 1.17 bits per heavy atom. The molecule has 0 bridgehead atoms. The average Bonchev–Trinajstić information content (AvgIpc) is 3.61. The van der Waals surface area contributed by atoms with Gasteiger partial charge in [0.15, 0.2) is 0 Å². The summed E-state index contributed by atoms with van der Waals surface area (Å²) in [4.78, 5) is 26.4. The molecule has 4 rings (SSSR count). The van der Waals surface area contributed by atoms with E-state index in [0.717, 1.165) is 68.3 Å². The quantitative estimate of drug-likeness (QED) is 0.720. The van der Waals surface area contributed by atoms with Gasteiger partial charge in [-0.3, -0.25) is 4.79 Å². The highest BCUT2D eigenvalue weighted by molar-refractivity contribution is 5.81. The summed E-state index contributed by atoms with van der Waals surface area (Å²) in [5.74, 6) is 2.38. The number of hydrogen-bond acceptors (Lipinski definition) is 4. The predicted octanol–water partition coefficient (Wildman–Crippen LogP) is 4.09. The molecule has 1 aliphatic carbocycles. The largest absolute Gasteiger partial charge is 0.353 e. The summed E-state index contributed by atoms with van der Waals surface area (Å²) < 4.78 is 14.4. The Balaban J connectivity index is 1.63. The van der Waals surface area contributed by atoms with E-state index in [1.54, 1.807) is 6.07 Å². The lowest BCUT2D eigenvalue weighted by atomic mass is 10.0. The standard InChI is InChI=1S/C24H31FN4O/c1-4-16(2)22-26-17(3)20(15-19-7-5-6-8-21(19)25)23(27-22)28-11-13-29(14-12-28)24(30)18-9-10-18/h5-8,16,18H,4,9-15H2,1-3H3/t16-/m1/s1. The van der Waals surface area contributed by atoms with Crippen molar-refractivity contribution in [1.29, 1.82) is 0 Å². The van der Waals surface area contributed by atoms with Gasteiger partial charge in [-0.25, -0.2) is 14.4 Å². The maximum absolute atomic E-state index is 14.4. The Hall–Kier alpha value is -2.50. The average molecular weight is 411 g/mol. The number of aromatic nitrogens is 2. The van der Waals surface area contributed by atoms with Crippen LogP contribution in [0, 0.1) is 18.7 Å². The topological polar surface area (TPSA) is 49.3 Å². The van der Waals surface area contributed by atoms with Crippen LogP contribution in [-0.4, -0.2) is 47.0 Å². The molecule has 1 aromatic carbocycles. The minimum absolute atomic E-state index is 0.200. The van der Waals surface area contributed by atoms with Gasteiger partial charge in [0.25, 0.3) is 0 Å². The number of rotatable bonds is 6. The molecule has 2 aromatic rings. The van der Waals surface area contributed by atoms with E-state index in [-0.39, 0.29) is 17.7 Å². The lowest BCUT2D eigenvalue weighted by molar-refractivity contribution is -0.132. The molecule has 5 nitrogen and oxygen atoms in total. The minimum atomic E-state index is -0.200. The first kappa shape index (κ1) is 20.8. The van der Waals surface area contributed by atoms with Crippen molar-refractivity contribution in [1.82, 2.24) is 14.9 Å². The van der Waals surface area contributed by atoms with Gasteiger partial charge in [0.1, 0.15) is 17.5 Å². The van der Waals surface area contributed by atoms with E-state index < -0.39 is 0 Å². The second kappa shape index (κ2) is 8.70. The van der Waals surface area contributed by atoms with Gasteiger partial charge in [-0.2, -0.15) is 0 Å². The van der Waals surface area contributed by atoms with Crippen LogP contribution >= 0.6 is 0 Å². The SMILES string of the molecule is CC[C@@H](C)c1nc(C)c(Cc2ccccc2F)c(N2CCN(C(=O)C3CC3)CC2)n1. The van der Waals surface area contributed by atoms with Gasteiger partial charge < -0.3 is 9.80 Å². The van der Waals surface area contributed by atoms with Gasteiger partial charge in [0, 0.05) is 55.7 Å². The van der Waals surface area contributed by atoms with Gasteiger partial charge in [0.2, 0.25) is 5.91 Å². The Labute approximate surface area is 178 Å². The molecule has 1 saturated carbocycles. The first-order valence-electron chi connectivity index (χ1n) is 11.1. The van der Waals surface area contributed by atoms with Crippen LogP contribution in [0.3, 0.4) is 0 Å². The highest BCUT2D eigenvalue weighted by Crippen LogP contribution is 2.32. The Kier molecular flexibility index (Phi) is 6.02. The van der Waals surface area contributed by atoms with Gasteiger partial charge >= 0.3 is 0 Å². The summed E-state index contributed by atoms with van der Waals surface area (Å²) in [6.07, 6.45) is 3.51. The zero-order valence-electron chi connectivity index (χ0n) is 18.2. The van der Waals surface area contributed by atoms with Crippen LogP contribution in [0.5, 0.6) is 0 Å². The summed E-state index contributed by atoms with van der Waals surface area (Å²) in [6, 6.07) is 6.91. The van der Waals surface area contributed by atoms with Crippen molar-refractivity contribution >= 4 is 11.7 Å². The van der Waals surface area contributed by atoms with E-state index in [0.29, 0.717) is 17.9 Å². The maximum Gasteiger partial charge on any atom is 0.225 e. The van der Waals surface area contributed by atoms with E-state index in [9.17, 15) is 9.18 Å². The Morgan fingerprint density at radius 2 is 1.87 bits per heavy atom. The number of piperazine rings is 1. The number of carbonyl (C=O) groups excluding carboxylic acids is 1. The van der Waals surface area contributed by atoms with Gasteiger partial charge in [-0.05, 0) is 37.8 Å². The van der Waals surface area contributed by atoms with E-state index in [1.807, 2.05) is 24.0 Å². The molecular formula is C24H31FN4O. The molecule has 2 aliphatic rings. The molecular weight excluding hydrogens is 379 g/mol. The molecule has 1 aromatic heterocycles. The fourth-order valence-corrected chi connectivity index (χ4v) is 4.03. The fraction of sp³-hybridized carbons (Fsp3) is 0.542.